The van der Waals surface area contributed by atoms with Gasteiger partial charge in [0.25, 0.3) is 5.56 Å². The maximum atomic E-state index is 11.9. The number of hydrogen-bond acceptors (Lipinski definition) is 6. The summed E-state index contributed by atoms with van der Waals surface area (Å²) in [5.41, 5.74) is -1.20. The topological polar surface area (TPSA) is 123 Å². The highest BCUT2D eigenvalue weighted by molar-refractivity contribution is 8.06. The van der Waals surface area contributed by atoms with E-state index < -0.39 is 42.5 Å². The largest absolute Gasteiger partial charge is 0.374 e. The molecule has 0 amide bonds. The fourth-order valence-corrected chi connectivity index (χ4v) is 3.30. The van der Waals surface area contributed by atoms with Crippen LogP contribution >= 0.6 is 6.72 Å². The summed E-state index contributed by atoms with van der Waals surface area (Å²) in [6.45, 7) is -2.12. The number of aromatic nitrogens is 2. The molecule has 0 spiro atoms. The van der Waals surface area contributed by atoms with Crippen molar-refractivity contribution in [2.75, 3.05) is 7.11 Å². The van der Waals surface area contributed by atoms with Crippen molar-refractivity contribution in [1.82, 2.24) is 9.55 Å². The molecule has 9 nitrogen and oxygen atoms in total. The van der Waals surface area contributed by atoms with Gasteiger partial charge in [-0.3, -0.25) is 18.9 Å². The van der Waals surface area contributed by atoms with Crippen molar-refractivity contribution in [1.29, 1.82) is 0 Å². The zero-order valence-corrected chi connectivity index (χ0v) is 13.6. The smallest absolute Gasteiger partial charge is 0.330 e. The first kappa shape index (κ1) is 17.5. The third-order valence-electron chi connectivity index (χ3n) is 3.34. The Morgan fingerprint density at radius 3 is 2.64 bits per heavy atom. The van der Waals surface area contributed by atoms with Gasteiger partial charge in [-0.05, 0) is 18.2 Å². The van der Waals surface area contributed by atoms with E-state index in [1.807, 2.05) is 6.92 Å². The molecule has 1 fully saturated rings. The van der Waals surface area contributed by atoms with Gasteiger partial charge in [0.1, 0.15) is 12.2 Å². The summed E-state index contributed by atoms with van der Waals surface area (Å²) in [4.78, 5) is 43.9. The normalized spacial score (nSPS) is 28.9. The van der Waals surface area contributed by atoms with Crippen LogP contribution in [0, 0.1) is 0 Å². The van der Waals surface area contributed by atoms with Gasteiger partial charge in [-0.25, -0.2) is 4.79 Å². The summed E-state index contributed by atoms with van der Waals surface area (Å²) in [5, 5.41) is 0. The molecule has 1 aliphatic rings. The third kappa shape index (κ3) is 3.72. The van der Waals surface area contributed by atoms with Crippen LogP contribution in [0.25, 0.3) is 0 Å². The zero-order chi connectivity index (χ0) is 16.5. The van der Waals surface area contributed by atoms with Crippen LogP contribution in [-0.2, 0) is 25.8 Å². The Bertz CT molecular complexity index is 684. The molecular formula is C11H17N2O7PS. The van der Waals surface area contributed by atoms with E-state index in [9.17, 15) is 19.4 Å². The number of hydrogen-bond donors (Lipinski definition) is 3. The van der Waals surface area contributed by atoms with Gasteiger partial charge in [-0.15, -0.1) is 0 Å². The zero-order valence-electron chi connectivity index (χ0n) is 11.9. The van der Waals surface area contributed by atoms with E-state index in [1.165, 1.54) is 19.4 Å². The van der Waals surface area contributed by atoms with Gasteiger partial charge in [0.15, 0.2) is 6.23 Å². The van der Waals surface area contributed by atoms with Gasteiger partial charge >= 0.3 is 12.4 Å². The number of nitrogens with zero attached hydrogens (tertiary/aromatic N) is 1. The van der Waals surface area contributed by atoms with E-state index in [-0.39, 0.29) is 0 Å². The molecule has 0 saturated carbocycles. The van der Waals surface area contributed by atoms with Crippen LogP contribution < -0.4 is 11.2 Å². The number of rotatable bonds is 5. The molecule has 4 atom stereocenters. The van der Waals surface area contributed by atoms with Crippen LogP contribution in [0.1, 0.15) is 19.6 Å². The first-order valence-electron chi connectivity index (χ1n) is 6.50. The van der Waals surface area contributed by atoms with Gasteiger partial charge in [-0.1, -0.05) is 6.92 Å². The lowest BCUT2D eigenvalue weighted by atomic mass is 10.1. The molecule has 1 aromatic heterocycles. The molecule has 22 heavy (non-hydrogen) atoms. The monoisotopic (exact) mass is 352 g/mol. The Morgan fingerprint density at radius 2 is 2.14 bits per heavy atom. The maximum absolute atomic E-state index is 11.9. The quantitative estimate of drug-likeness (QED) is 0.604. The molecule has 1 aromatic rings. The minimum Gasteiger partial charge on any atom is -0.374 e. The fraction of sp³-hybridized carbons (Fsp3) is 0.636. The second kappa shape index (κ2) is 6.71. The van der Waals surface area contributed by atoms with Crippen molar-refractivity contribution in [3.05, 3.63) is 33.1 Å². The second-order valence-electron chi connectivity index (χ2n) is 4.75. The number of ether oxygens (including phenoxy) is 2. The molecular weight excluding hydrogens is 335 g/mol. The van der Waals surface area contributed by atoms with E-state index in [1.54, 1.807) is 0 Å². The van der Waals surface area contributed by atoms with Gasteiger partial charge < -0.3 is 19.3 Å². The summed E-state index contributed by atoms with van der Waals surface area (Å²) in [7, 11) is 1.38. The number of H-pyrrole nitrogens is 1. The minimum absolute atomic E-state index is 0.481. The summed E-state index contributed by atoms with van der Waals surface area (Å²) in [5.74, 6) is 0. The van der Waals surface area contributed by atoms with Crippen molar-refractivity contribution in [3.8, 4) is 0 Å². The Morgan fingerprint density at radius 1 is 1.45 bits per heavy atom. The predicted octanol–water partition coefficient (Wildman–Crippen LogP) is -0.547. The average Bonchev–Trinajstić information content (AvgIpc) is 2.74. The second-order valence-corrected chi connectivity index (χ2v) is 7.37. The summed E-state index contributed by atoms with van der Waals surface area (Å²) in [6.07, 6.45) is -1.31. The van der Waals surface area contributed by atoms with Crippen LogP contribution in [0.2, 0.25) is 0 Å². The molecule has 3 N–H and O–H groups in total. The molecule has 1 aliphatic heterocycles. The molecule has 2 heterocycles. The van der Waals surface area contributed by atoms with Crippen LogP contribution in [0.4, 0.5) is 0 Å². The van der Waals surface area contributed by atoms with E-state index in [4.69, 9.17) is 14.0 Å². The third-order valence-corrected chi connectivity index (χ3v) is 4.12. The van der Waals surface area contributed by atoms with Gasteiger partial charge in [0.2, 0.25) is 0 Å². The highest BCUT2D eigenvalue weighted by atomic mass is 32.5. The lowest BCUT2D eigenvalue weighted by Crippen LogP contribution is -2.39. The Labute approximate surface area is 130 Å². The average molecular weight is 352 g/mol. The molecule has 0 aliphatic carbocycles. The maximum Gasteiger partial charge on any atom is 0.330 e. The number of aromatic amines is 1. The van der Waals surface area contributed by atoms with E-state index in [2.05, 4.69) is 16.8 Å². The van der Waals surface area contributed by atoms with E-state index >= 15 is 0 Å². The predicted molar refractivity (Wildman–Crippen MR) is 79.9 cm³/mol. The van der Waals surface area contributed by atoms with Gasteiger partial charge in [0.05, 0.1) is 6.10 Å². The Hall–Kier alpha value is -0.870. The first-order valence-corrected chi connectivity index (χ1v) is 9.13. The molecule has 124 valence electrons. The lowest BCUT2D eigenvalue weighted by Gasteiger charge is -2.24. The van der Waals surface area contributed by atoms with E-state index in [0.29, 0.717) is 6.42 Å². The number of methoxy groups -OCH3 is 1. The van der Waals surface area contributed by atoms with Crippen LogP contribution in [0.15, 0.2) is 21.9 Å². The molecule has 0 radical (unpaired) electrons. The first-order chi connectivity index (χ1) is 10.3. The van der Waals surface area contributed by atoms with Crippen molar-refractivity contribution < 1.29 is 23.8 Å². The SMILES string of the molecule is CC[C@H]1O[C@@H](n2ccc(=O)[nH]c2=O)C(OC)C1OP(O)(O)=S. The van der Waals surface area contributed by atoms with Crippen LogP contribution in [0.3, 0.4) is 0 Å². The van der Waals surface area contributed by atoms with Crippen LogP contribution in [-0.4, -0.2) is 44.8 Å². The summed E-state index contributed by atoms with van der Waals surface area (Å²) >= 11 is 4.49. The molecule has 1 saturated heterocycles. The molecule has 0 bridgehead atoms. The van der Waals surface area contributed by atoms with Crippen molar-refractivity contribution in [2.24, 2.45) is 0 Å². The standard InChI is InChI=1S/C11H17N2O7PS/c1-3-6-8(20-21(16,17)22)9(18-2)10(19-6)13-5-4-7(14)12-11(13)15/h4-6,8-10H,3H2,1-2H3,(H,12,14,15)(H2,16,17,22)/t6-,8?,9?,10-/m1/s1. The number of nitrogens with one attached hydrogen (secondary N) is 1. The van der Waals surface area contributed by atoms with Gasteiger partial charge in [-0.2, -0.15) is 0 Å². The molecule has 2 unspecified atom stereocenters. The Kier molecular flexibility index (Phi) is 5.33. The molecule has 11 heteroatoms. The van der Waals surface area contributed by atoms with E-state index in [0.717, 1.165) is 4.57 Å². The highest BCUT2D eigenvalue weighted by Crippen LogP contribution is 2.45. The lowest BCUT2D eigenvalue weighted by molar-refractivity contribution is -0.0539. The molecule has 0 aromatic carbocycles. The van der Waals surface area contributed by atoms with Crippen molar-refractivity contribution in [2.45, 2.75) is 37.9 Å². The summed E-state index contributed by atoms with van der Waals surface area (Å²) < 4.78 is 17.3. The van der Waals surface area contributed by atoms with Crippen molar-refractivity contribution in [3.63, 3.8) is 0 Å². The van der Waals surface area contributed by atoms with Crippen molar-refractivity contribution >= 4 is 18.5 Å². The minimum atomic E-state index is -3.93. The fourth-order valence-electron chi connectivity index (χ4n) is 2.42. The highest BCUT2D eigenvalue weighted by Gasteiger charge is 2.48. The summed E-state index contributed by atoms with van der Waals surface area (Å²) in [6, 6.07) is 1.18. The van der Waals surface area contributed by atoms with Crippen LogP contribution in [0.5, 0.6) is 0 Å². The molecule has 2 rings (SSSR count). The Balaban J connectivity index is 2.38. The van der Waals surface area contributed by atoms with Gasteiger partial charge in [0, 0.05) is 19.4 Å².